The molecule has 1 fully saturated rings. The summed E-state index contributed by atoms with van der Waals surface area (Å²) in [5.74, 6) is 2.12. The molecule has 1 aromatic carbocycles. The topological polar surface area (TPSA) is 35.0 Å². The SMILES string of the molecule is CCc1cnc(-c2ccc(OCC3CCCCC3)c(Cl)c2)nc1. The minimum absolute atomic E-state index is 0.626. The second-order valence-corrected chi connectivity index (χ2v) is 6.64. The molecule has 2 aromatic rings. The third-order valence-corrected chi connectivity index (χ3v) is 4.80. The van der Waals surface area contributed by atoms with E-state index in [4.69, 9.17) is 16.3 Å². The van der Waals surface area contributed by atoms with Gasteiger partial charge in [-0.25, -0.2) is 9.97 Å². The van der Waals surface area contributed by atoms with Crippen molar-refractivity contribution in [3.8, 4) is 17.1 Å². The highest BCUT2D eigenvalue weighted by atomic mass is 35.5. The van der Waals surface area contributed by atoms with Crippen molar-refractivity contribution in [2.75, 3.05) is 6.61 Å². The molecule has 0 unspecified atom stereocenters. The summed E-state index contributed by atoms with van der Waals surface area (Å²) in [7, 11) is 0. The molecule has 0 atom stereocenters. The van der Waals surface area contributed by atoms with Crippen LogP contribution in [0.25, 0.3) is 11.4 Å². The number of hydrogen-bond acceptors (Lipinski definition) is 3. The maximum atomic E-state index is 6.37. The van der Waals surface area contributed by atoms with E-state index in [2.05, 4.69) is 16.9 Å². The van der Waals surface area contributed by atoms with Crippen LogP contribution < -0.4 is 4.74 Å². The van der Waals surface area contributed by atoms with E-state index in [0.29, 0.717) is 16.8 Å². The monoisotopic (exact) mass is 330 g/mol. The molecule has 0 spiro atoms. The summed E-state index contributed by atoms with van der Waals surface area (Å²) in [6.45, 7) is 2.86. The van der Waals surface area contributed by atoms with Crippen molar-refractivity contribution in [1.82, 2.24) is 9.97 Å². The lowest BCUT2D eigenvalue weighted by atomic mass is 9.90. The Labute approximate surface area is 143 Å². The minimum atomic E-state index is 0.626. The number of benzene rings is 1. The third-order valence-electron chi connectivity index (χ3n) is 4.50. The molecule has 23 heavy (non-hydrogen) atoms. The fourth-order valence-corrected chi connectivity index (χ4v) is 3.24. The van der Waals surface area contributed by atoms with E-state index in [1.54, 1.807) is 0 Å². The molecule has 1 aliphatic carbocycles. The van der Waals surface area contributed by atoms with Gasteiger partial charge >= 0.3 is 0 Å². The first-order valence-corrected chi connectivity index (χ1v) is 8.87. The molecule has 0 saturated heterocycles. The van der Waals surface area contributed by atoms with Crippen molar-refractivity contribution < 1.29 is 4.74 Å². The minimum Gasteiger partial charge on any atom is -0.492 e. The highest BCUT2D eigenvalue weighted by molar-refractivity contribution is 6.32. The Kier molecular flexibility index (Phi) is 5.50. The molecule has 122 valence electrons. The summed E-state index contributed by atoms with van der Waals surface area (Å²) in [5.41, 5.74) is 2.05. The van der Waals surface area contributed by atoms with Gasteiger partial charge in [0.05, 0.1) is 11.6 Å². The number of ether oxygens (including phenoxy) is 1. The first-order valence-electron chi connectivity index (χ1n) is 8.50. The number of aromatic nitrogens is 2. The molecular weight excluding hydrogens is 308 g/mol. The summed E-state index contributed by atoms with van der Waals surface area (Å²) >= 11 is 6.37. The number of aryl methyl sites for hydroxylation is 1. The van der Waals surface area contributed by atoms with Crippen LogP contribution in [0.2, 0.25) is 5.02 Å². The standard InChI is InChI=1S/C19H23ClN2O/c1-2-14-11-21-19(22-12-14)16-8-9-18(17(20)10-16)23-13-15-6-4-3-5-7-15/h8-12,15H,2-7,13H2,1H3. The van der Waals surface area contributed by atoms with Crippen LogP contribution in [0.15, 0.2) is 30.6 Å². The van der Waals surface area contributed by atoms with Crippen LogP contribution in [0, 0.1) is 5.92 Å². The predicted octanol–water partition coefficient (Wildman–Crippen LogP) is 5.32. The van der Waals surface area contributed by atoms with Gasteiger partial charge < -0.3 is 4.74 Å². The Hall–Kier alpha value is -1.61. The summed E-state index contributed by atoms with van der Waals surface area (Å²) in [5, 5.41) is 0.626. The molecule has 4 heteroatoms. The van der Waals surface area contributed by atoms with Gasteiger partial charge in [-0.15, -0.1) is 0 Å². The van der Waals surface area contributed by atoms with Gasteiger partial charge in [-0.1, -0.05) is 37.8 Å². The van der Waals surface area contributed by atoms with Crippen molar-refractivity contribution in [1.29, 1.82) is 0 Å². The zero-order valence-electron chi connectivity index (χ0n) is 13.6. The van der Waals surface area contributed by atoms with Crippen LogP contribution in [-0.4, -0.2) is 16.6 Å². The van der Waals surface area contributed by atoms with Crippen LogP contribution in [0.3, 0.4) is 0 Å². The molecule has 1 aromatic heterocycles. The second-order valence-electron chi connectivity index (χ2n) is 6.23. The van der Waals surface area contributed by atoms with E-state index in [9.17, 15) is 0 Å². The van der Waals surface area contributed by atoms with Gasteiger partial charge in [-0.3, -0.25) is 0 Å². The molecule has 3 rings (SSSR count). The van der Waals surface area contributed by atoms with Gasteiger partial charge in [-0.05, 0) is 48.9 Å². The van der Waals surface area contributed by atoms with Crippen molar-refractivity contribution in [3.63, 3.8) is 0 Å². The molecule has 1 saturated carbocycles. The molecule has 3 nitrogen and oxygen atoms in total. The summed E-state index contributed by atoms with van der Waals surface area (Å²) < 4.78 is 5.93. The van der Waals surface area contributed by atoms with Gasteiger partial charge in [0.2, 0.25) is 0 Å². The van der Waals surface area contributed by atoms with E-state index in [1.165, 1.54) is 32.1 Å². The average Bonchev–Trinajstić information content (AvgIpc) is 2.61. The molecular formula is C19H23ClN2O. The lowest BCUT2D eigenvalue weighted by molar-refractivity contribution is 0.209. The third kappa shape index (κ3) is 4.23. The van der Waals surface area contributed by atoms with Gasteiger partial charge in [-0.2, -0.15) is 0 Å². The molecule has 0 amide bonds. The largest absolute Gasteiger partial charge is 0.492 e. The van der Waals surface area contributed by atoms with E-state index in [1.807, 2.05) is 30.6 Å². The number of halogens is 1. The van der Waals surface area contributed by atoms with Crippen molar-refractivity contribution >= 4 is 11.6 Å². The molecule has 0 N–H and O–H groups in total. The fourth-order valence-electron chi connectivity index (χ4n) is 3.00. The quantitative estimate of drug-likeness (QED) is 0.744. The second kappa shape index (κ2) is 7.78. The van der Waals surface area contributed by atoms with Gasteiger partial charge in [0, 0.05) is 18.0 Å². The highest BCUT2D eigenvalue weighted by Gasteiger charge is 2.15. The summed E-state index contributed by atoms with van der Waals surface area (Å²) in [6, 6.07) is 5.79. The van der Waals surface area contributed by atoms with Crippen molar-refractivity contribution in [2.24, 2.45) is 5.92 Å². The van der Waals surface area contributed by atoms with Crippen LogP contribution in [-0.2, 0) is 6.42 Å². The van der Waals surface area contributed by atoms with Crippen LogP contribution in [0.5, 0.6) is 5.75 Å². The lowest BCUT2D eigenvalue weighted by Crippen LogP contribution is -2.15. The van der Waals surface area contributed by atoms with Crippen molar-refractivity contribution in [3.05, 3.63) is 41.2 Å². The van der Waals surface area contributed by atoms with Gasteiger partial charge in [0.15, 0.2) is 5.82 Å². The molecule has 0 radical (unpaired) electrons. The van der Waals surface area contributed by atoms with Crippen molar-refractivity contribution in [2.45, 2.75) is 45.4 Å². The van der Waals surface area contributed by atoms with E-state index < -0.39 is 0 Å². The van der Waals surface area contributed by atoms with Crippen LogP contribution in [0.4, 0.5) is 0 Å². The Bertz CT molecular complexity index is 636. The number of hydrogen-bond donors (Lipinski definition) is 0. The number of rotatable bonds is 5. The Morgan fingerprint density at radius 2 is 1.87 bits per heavy atom. The lowest BCUT2D eigenvalue weighted by Gasteiger charge is -2.22. The normalized spacial score (nSPS) is 15.6. The maximum Gasteiger partial charge on any atom is 0.159 e. The van der Waals surface area contributed by atoms with Crippen LogP contribution in [0.1, 0.15) is 44.6 Å². The fraction of sp³-hybridized carbons (Fsp3) is 0.474. The van der Waals surface area contributed by atoms with Crippen LogP contribution >= 0.6 is 11.6 Å². The van der Waals surface area contributed by atoms with E-state index >= 15 is 0 Å². The van der Waals surface area contributed by atoms with Gasteiger partial charge in [0.25, 0.3) is 0 Å². The average molecular weight is 331 g/mol. The predicted molar refractivity (Wildman–Crippen MR) is 93.9 cm³/mol. The maximum absolute atomic E-state index is 6.37. The molecule has 1 aliphatic rings. The molecule has 1 heterocycles. The zero-order chi connectivity index (χ0) is 16.1. The number of nitrogens with zero attached hydrogens (tertiary/aromatic N) is 2. The Morgan fingerprint density at radius 1 is 1.13 bits per heavy atom. The van der Waals surface area contributed by atoms with E-state index in [-0.39, 0.29) is 0 Å². The first kappa shape index (κ1) is 16.3. The summed E-state index contributed by atoms with van der Waals surface area (Å²) in [4.78, 5) is 8.80. The zero-order valence-corrected chi connectivity index (χ0v) is 14.4. The van der Waals surface area contributed by atoms with Gasteiger partial charge in [0.1, 0.15) is 5.75 Å². The molecule has 0 aliphatic heterocycles. The summed E-state index contributed by atoms with van der Waals surface area (Å²) in [6.07, 6.45) is 11.2. The van der Waals surface area contributed by atoms with E-state index in [0.717, 1.165) is 29.9 Å². The first-order chi connectivity index (χ1) is 11.3. The highest BCUT2D eigenvalue weighted by Crippen LogP contribution is 2.31. The Morgan fingerprint density at radius 3 is 2.52 bits per heavy atom. The smallest absolute Gasteiger partial charge is 0.159 e. The Balaban J connectivity index is 1.67. The molecule has 0 bridgehead atoms.